The van der Waals surface area contributed by atoms with Crippen LogP contribution in [-0.4, -0.2) is 9.85 Å². The lowest BCUT2D eigenvalue weighted by Crippen LogP contribution is -1.97. The summed E-state index contributed by atoms with van der Waals surface area (Å²) in [7, 11) is 0. The molecule has 0 atom stereocenters. The topological polar surface area (TPSA) is 86.3 Å². The van der Waals surface area contributed by atoms with Gasteiger partial charge in [-0.3, -0.25) is 20.2 Å². The van der Waals surface area contributed by atoms with Gasteiger partial charge in [-0.05, 0) is 39.0 Å². The maximum atomic E-state index is 11.6. The van der Waals surface area contributed by atoms with Crippen LogP contribution < -0.4 is 0 Å². The van der Waals surface area contributed by atoms with Crippen LogP contribution in [0.1, 0.15) is 22.3 Å². The molecule has 180 valence electrons. The van der Waals surface area contributed by atoms with Crippen molar-refractivity contribution in [2.75, 3.05) is 0 Å². The molecule has 5 rings (SSSR count). The molecule has 0 aliphatic heterocycles. The summed E-state index contributed by atoms with van der Waals surface area (Å²) >= 11 is 0.570. The zero-order valence-electron chi connectivity index (χ0n) is 19.5. The number of hydrogen-bond donors (Lipinski definition) is 0. The standard InChI is InChI=1S/C30H20N2O4S/c33-31(34)27-20-26(30(37-27)32(35)36)21-16-18-25(19-17-21)29(24-14-8-3-9-15-24)28(22-10-4-1-5-11-22)23-12-6-2-7-13-23/h1-20H. The molecule has 5 aromatic rings. The van der Waals surface area contributed by atoms with Gasteiger partial charge in [0.15, 0.2) is 0 Å². The Morgan fingerprint density at radius 1 is 0.541 bits per heavy atom. The summed E-state index contributed by atoms with van der Waals surface area (Å²) in [5.41, 5.74) is 6.91. The normalized spacial score (nSPS) is 10.6. The van der Waals surface area contributed by atoms with Crippen molar-refractivity contribution >= 4 is 32.5 Å². The number of benzene rings is 4. The number of nitrogens with zero attached hydrogens (tertiary/aromatic N) is 2. The molecule has 0 spiro atoms. The second kappa shape index (κ2) is 10.4. The molecule has 0 unspecified atom stereocenters. The van der Waals surface area contributed by atoms with Gasteiger partial charge < -0.3 is 0 Å². The first kappa shape index (κ1) is 23.8. The second-order valence-electron chi connectivity index (χ2n) is 8.24. The Bertz CT molecular complexity index is 1550. The fraction of sp³-hybridized carbons (Fsp3) is 0. The number of hydrogen-bond acceptors (Lipinski definition) is 5. The molecule has 0 fully saturated rings. The zero-order valence-corrected chi connectivity index (χ0v) is 20.3. The molecule has 0 radical (unpaired) electrons. The molecule has 7 heteroatoms. The lowest BCUT2D eigenvalue weighted by atomic mass is 9.85. The van der Waals surface area contributed by atoms with Crippen LogP contribution >= 0.6 is 11.3 Å². The molecule has 0 bridgehead atoms. The molecule has 0 aliphatic carbocycles. The van der Waals surface area contributed by atoms with Crippen LogP contribution in [0.25, 0.3) is 22.3 Å². The molecule has 37 heavy (non-hydrogen) atoms. The van der Waals surface area contributed by atoms with Crippen molar-refractivity contribution in [1.82, 2.24) is 0 Å². The van der Waals surface area contributed by atoms with Gasteiger partial charge >= 0.3 is 10.0 Å². The van der Waals surface area contributed by atoms with E-state index in [1.165, 1.54) is 6.07 Å². The SMILES string of the molecule is O=[N+]([O-])c1cc(-c2ccc(C(=C(c3ccccc3)c3ccccc3)c3ccccc3)cc2)c([N+](=O)[O-])s1. The van der Waals surface area contributed by atoms with Crippen molar-refractivity contribution in [2.24, 2.45) is 0 Å². The quantitative estimate of drug-likeness (QED) is 0.127. The molecular formula is C30H20N2O4S. The predicted octanol–water partition coefficient (Wildman–Crippen LogP) is 8.24. The third-order valence-electron chi connectivity index (χ3n) is 5.97. The van der Waals surface area contributed by atoms with Gasteiger partial charge in [0.25, 0.3) is 0 Å². The van der Waals surface area contributed by atoms with Gasteiger partial charge in [-0.1, -0.05) is 115 Å². The molecule has 0 N–H and O–H groups in total. The lowest BCUT2D eigenvalue weighted by molar-refractivity contribution is -0.382. The molecule has 0 aliphatic rings. The van der Waals surface area contributed by atoms with Gasteiger partial charge in [0.2, 0.25) is 0 Å². The van der Waals surface area contributed by atoms with Crippen molar-refractivity contribution in [3.05, 3.63) is 164 Å². The van der Waals surface area contributed by atoms with Crippen molar-refractivity contribution in [2.45, 2.75) is 0 Å². The van der Waals surface area contributed by atoms with Crippen LogP contribution in [0.5, 0.6) is 0 Å². The summed E-state index contributed by atoms with van der Waals surface area (Å²) in [6.07, 6.45) is 0. The minimum Gasteiger partial charge on any atom is -0.258 e. The molecule has 1 aromatic heterocycles. The second-order valence-corrected chi connectivity index (χ2v) is 9.25. The van der Waals surface area contributed by atoms with E-state index in [0.29, 0.717) is 16.9 Å². The summed E-state index contributed by atoms with van der Waals surface area (Å²) in [4.78, 5) is 21.7. The van der Waals surface area contributed by atoms with E-state index in [1.807, 2.05) is 66.7 Å². The highest BCUT2D eigenvalue weighted by atomic mass is 32.1. The fourth-order valence-corrected chi connectivity index (χ4v) is 5.15. The summed E-state index contributed by atoms with van der Waals surface area (Å²) < 4.78 is 0. The van der Waals surface area contributed by atoms with Crippen molar-refractivity contribution in [1.29, 1.82) is 0 Å². The molecule has 4 aromatic carbocycles. The Hall–Kier alpha value is -4.88. The average molecular weight is 505 g/mol. The highest BCUT2D eigenvalue weighted by Gasteiger charge is 2.26. The molecule has 0 saturated heterocycles. The van der Waals surface area contributed by atoms with E-state index < -0.39 is 9.85 Å². The van der Waals surface area contributed by atoms with Gasteiger partial charge in [-0.25, -0.2) is 0 Å². The molecule has 0 saturated carbocycles. The minimum absolute atomic E-state index is 0.241. The van der Waals surface area contributed by atoms with E-state index in [2.05, 4.69) is 36.4 Å². The third kappa shape index (κ3) is 4.94. The molecule has 0 amide bonds. The lowest BCUT2D eigenvalue weighted by Gasteiger charge is -2.18. The highest BCUT2D eigenvalue weighted by molar-refractivity contribution is 7.19. The Morgan fingerprint density at radius 2 is 0.946 bits per heavy atom. The van der Waals surface area contributed by atoms with Gasteiger partial charge in [-0.2, -0.15) is 0 Å². The van der Waals surface area contributed by atoms with Crippen LogP contribution in [0.3, 0.4) is 0 Å². The van der Waals surface area contributed by atoms with Gasteiger partial charge in [0, 0.05) is 17.4 Å². The molecule has 1 heterocycles. The largest absolute Gasteiger partial charge is 0.338 e. The van der Waals surface area contributed by atoms with E-state index in [1.54, 1.807) is 12.1 Å². The maximum absolute atomic E-state index is 11.6. The first-order valence-electron chi connectivity index (χ1n) is 11.5. The molecule has 6 nitrogen and oxygen atoms in total. The Labute approximate surface area is 217 Å². The van der Waals surface area contributed by atoms with E-state index in [9.17, 15) is 20.2 Å². The Balaban J connectivity index is 1.73. The van der Waals surface area contributed by atoms with Crippen molar-refractivity contribution in [3.63, 3.8) is 0 Å². The third-order valence-corrected chi connectivity index (χ3v) is 7.01. The number of rotatable bonds is 7. The summed E-state index contributed by atoms with van der Waals surface area (Å²) in [5.74, 6) is 0. The number of nitro groups is 2. The average Bonchev–Trinajstić information content (AvgIpc) is 3.40. The number of thiophene rings is 1. The highest BCUT2D eigenvalue weighted by Crippen LogP contribution is 2.43. The predicted molar refractivity (Wildman–Crippen MR) is 147 cm³/mol. The monoisotopic (exact) mass is 504 g/mol. The Morgan fingerprint density at radius 3 is 1.32 bits per heavy atom. The van der Waals surface area contributed by atoms with Crippen LogP contribution in [0.15, 0.2) is 121 Å². The maximum Gasteiger partial charge on any atom is 0.338 e. The van der Waals surface area contributed by atoms with E-state index in [4.69, 9.17) is 0 Å². The summed E-state index contributed by atoms with van der Waals surface area (Å²) in [5, 5.41) is 22.3. The van der Waals surface area contributed by atoms with E-state index in [-0.39, 0.29) is 15.6 Å². The van der Waals surface area contributed by atoms with Crippen LogP contribution in [0.4, 0.5) is 10.0 Å². The van der Waals surface area contributed by atoms with Gasteiger partial charge in [0.1, 0.15) is 0 Å². The minimum atomic E-state index is -0.599. The van der Waals surface area contributed by atoms with Crippen LogP contribution in [0.2, 0.25) is 0 Å². The van der Waals surface area contributed by atoms with Crippen LogP contribution in [0, 0.1) is 20.2 Å². The van der Waals surface area contributed by atoms with Crippen molar-refractivity contribution in [3.8, 4) is 11.1 Å². The summed E-state index contributed by atoms with van der Waals surface area (Å²) in [6, 6.07) is 39.0. The van der Waals surface area contributed by atoms with Crippen LogP contribution in [-0.2, 0) is 0 Å². The van der Waals surface area contributed by atoms with Crippen molar-refractivity contribution < 1.29 is 9.85 Å². The zero-order chi connectivity index (χ0) is 25.8. The fourth-order valence-electron chi connectivity index (χ4n) is 4.34. The smallest absolute Gasteiger partial charge is 0.258 e. The van der Waals surface area contributed by atoms with E-state index >= 15 is 0 Å². The van der Waals surface area contributed by atoms with Gasteiger partial charge in [0.05, 0.1) is 15.4 Å². The summed E-state index contributed by atoms with van der Waals surface area (Å²) in [6.45, 7) is 0. The van der Waals surface area contributed by atoms with E-state index in [0.717, 1.165) is 33.4 Å². The Kier molecular flexibility index (Phi) is 6.70. The first-order chi connectivity index (χ1) is 18.0. The first-order valence-corrected chi connectivity index (χ1v) is 12.3. The molecular weight excluding hydrogens is 484 g/mol. The van der Waals surface area contributed by atoms with Gasteiger partial charge in [-0.15, -0.1) is 0 Å².